The van der Waals surface area contributed by atoms with Crippen molar-refractivity contribution in [3.05, 3.63) is 33.1 Å². The number of benzene rings is 1. The third-order valence-corrected chi connectivity index (χ3v) is 2.94. The van der Waals surface area contributed by atoms with Crippen molar-refractivity contribution in [2.75, 3.05) is 26.0 Å². The minimum atomic E-state index is -0.792. The Bertz CT molecular complexity index is 469. The Morgan fingerprint density at radius 1 is 1.53 bits per heavy atom. The number of nitro benzene ring substituents is 1. The van der Waals surface area contributed by atoms with Gasteiger partial charge in [0, 0.05) is 6.04 Å². The van der Waals surface area contributed by atoms with Crippen molar-refractivity contribution in [3.8, 4) is 0 Å². The molecule has 7 heteroatoms. The molecule has 1 rings (SSSR count). The molecule has 0 aliphatic rings. The summed E-state index contributed by atoms with van der Waals surface area (Å²) >= 11 is 5.66. The van der Waals surface area contributed by atoms with Gasteiger partial charge in [0.05, 0.1) is 16.0 Å². The number of halogens is 2. The quantitative estimate of drug-likeness (QED) is 0.646. The first kappa shape index (κ1) is 15.7. The lowest BCUT2D eigenvalue weighted by molar-refractivity contribution is -0.384. The fourth-order valence-corrected chi connectivity index (χ4v) is 1.76. The van der Waals surface area contributed by atoms with Gasteiger partial charge in [-0.2, -0.15) is 0 Å². The van der Waals surface area contributed by atoms with Gasteiger partial charge in [-0.25, -0.2) is 4.39 Å². The summed E-state index contributed by atoms with van der Waals surface area (Å²) in [4.78, 5) is 12.3. The van der Waals surface area contributed by atoms with Gasteiger partial charge in [-0.1, -0.05) is 11.6 Å². The van der Waals surface area contributed by atoms with Crippen LogP contribution in [-0.2, 0) is 0 Å². The van der Waals surface area contributed by atoms with Gasteiger partial charge in [0.1, 0.15) is 11.5 Å². The topological polar surface area (TPSA) is 58.4 Å². The van der Waals surface area contributed by atoms with E-state index in [4.69, 9.17) is 11.6 Å². The second kappa shape index (κ2) is 6.68. The Labute approximate surface area is 116 Å². The van der Waals surface area contributed by atoms with E-state index in [1.165, 1.54) is 6.07 Å². The molecular formula is C12H17ClFN3O2. The van der Waals surface area contributed by atoms with Crippen molar-refractivity contribution < 1.29 is 9.31 Å². The molecule has 0 radical (unpaired) electrons. The molecule has 1 unspecified atom stereocenters. The van der Waals surface area contributed by atoms with Crippen LogP contribution >= 0.6 is 11.6 Å². The molecule has 1 N–H and O–H groups in total. The van der Waals surface area contributed by atoms with E-state index in [-0.39, 0.29) is 22.4 Å². The second-order valence-electron chi connectivity index (χ2n) is 4.68. The first-order valence-electron chi connectivity index (χ1n) is 5.86. The molecule has 0 amide bonds. The predicted octanol–water partition coefficient (Wildman–Crippen LogP) is 3.14. The minimum Gasteiger partial charge on any atom is -0.377 e. The maximum atomic E-state index is 13.2. The molecule has 1 aromatic rings. The van der Waals surface area contributed by atoms with Crippen LogP contribution in [0.25, 0.3) is 0 Å². The predicted molar refractivity (Wildman–Crippen MR) is 74.3 cm³/mol. The fraction of sp³-hybridized carbons (Fsp3) is 0.500. The molecular weight excluding hydrogens is 273 g/mol. The number of hydrogen-bond donors (Lipinski definition) is 1. The zero-order valence-corrected chi connectivity index (χ0v) is 11.9. The van der Waals surface area contributed by atoms with Crippen molar-refractivity contribution in [1.82, 2.24) is 4.90 Å². The normalized spacial score (nSPS) is 12.5. The highest BCUT2D eigenvalue weighted by atomic mass is 35.5. The highest BCUT2D eigenvalue weighted by molar-refractivity contribution is 6.31. The Kier molecular flexibility index (Phi) is 5.50. The summed E-state index contributed by atoms with van der Waals surface area (Å²) in [5, 5.41) is 13.7. The molecule has 0 aliphatic heterocycles. The van der Waals surface area contributed by atoms with E-state index < -0.39 is 10.7 Å². The van der Waals surface area contributed by atoms with Crippen molar-refractivity contribution in [2.45, 2.75) is 19.4 Å². The third-order valence-electron chi connectivity index (χ3n) is 2.65. The fourth-order valence-electron chi connectivity index (χ4n) is 1.59. The van der Waals surface area contributed by atoms with E-state index in [1.807, 2.05) is 25.9 Å². The summed E-state index contributed by atoms with van der Waals surface area (Å²) in [5.74, 6) is -0.792. The summed E-state index contributed by atoms with van der Waals surface area (Å²) < 4.78 is 13.2. The van der Waals surface area contributed by atoms with Crippen LogP contribution in [0.5, 0.6) is 0 Å². The van der Waals surface area contributed by atoms with E-state index in [0.717, 1.165) is 19.0 Å². The van der Waals surface area contributed by atoms with Crippen LogP contribution in [0.15, 0.2) is 12.1 Å². The Balaban J connectivity index is 2.87. The van der Waals surface area contributed by atoms with Crippen molar-refractivity contribution >= 4 is 23.0 Å². The van der Waals surface area contributed by atoms with Gasteiger partial charge in [-0.15, -0.1) is 0 Å². The van der Waals surface area contributed by atoms with Gasteiger partial charge in [0.15, 0.2) is 0 Å². The van der Waals surface area contributed by atoms with Crippen molar-refractivity contribution in [3.63, 3.8) is 0 Å². The highest BCUT2D eigenvalue weighted by Crippen LogP contribution is 2.30. The molecule has 106 valence electrons. The molecule has 1 atom stereocenters. The molecule has 19 heavy (non-hydrogen) atoms. The van der Waals surface area contributed by atoms with Gasteiger partial charge < -0.3 is 10.2 Å². The smallest absolute Gasteiger partial charge is 0.295 e. The van der Waals surface area contributed by atoms with Crippen molar-refractivity contribution in [1.29, 1.82) is 0 Å². The molecule has 0 aromatic heterocycles. The number of hydrogen-bond acceptors (Lipinski definition) is 4. The highest BCUT2D eigenvalue weighted by Gasteiger charge is 2.19. The standard InChI is InChI=1S/C12H17ClFN3O2/c1-8(4-5-16(2)3)15-11-6-9(13)10(14)7-12(11)17(18)19/h6-8,15H,4-5H2,1-3H3. The Morgan fingerprint density at radius 2 is 2.16 bits per heavy atom. The molecule has 0 bridgehead atoms. The summed E-state index contributed by atoms with van der Waals surface area (Å²) in [6.07, 6.45) is 0.805. The number of anilines is 1. The zero-order chi connectivity index (χ0) is 14.6. The average Bonchev–Trinajstić information content (AvgIpc) is 2.30. The van der Waals surface area contributed by atoms with E-state index >= 15 is 0 Å². The third kappa shape index (κ3) is 4.65. The summed E-state index contributed by atoms with van der Waals surface area (Å²) in [6.45, 7) is 2.75. The molecule has 0 saturated carbocycles. The van der Waals surface area contributed by atoms with Gasteiger partial charge in [0.2, 0.25) is 0 Å². The lowest BCUT2D eigenvalue weighted by Gasteiger charge is -2.18. The van der Waals surface area contributed by atoms with Crippen LogP contribution in [0.1, 0.15) is 13.3 Å². The lowest BCUT2D eigenvalue weighted by atomic mass is 10.2. The van der Waals surface area contributed by atoms with Crippen LogP contribution in [-0.4, -0.2) is 36.5 Å². The van der Waals surface area contributed by atoms with Crippen LogP contribution in [0, 0.1) is 15.9 Å². The minimum absolute atomic E-state index is 0.0163. The van der Waals surface area contributed by atoms with Gasteiger partial charge in [-0.3, -0.25) is 10.1 Å². The number of nitrogens with one attached hydrogen (secondary N) is 1. The molecule has 0 aliphatic carbocycles. The van der Waals surface area contributed by atoms with E-state index in [9.17, 15) is 14.5 Å². The Morgan fingerprint density at radius 3 is 2.68 bits per heavy atom. The number of nitrogens with zero attached hydrogens (tertiary/aromatic N) is 2. The molecule has 0 saturated heterocycles. The molecule has 0 fully saturated rings. The number of rotatable bonds is 6. The van der Waals surface area contributed by atoms with E-state index in [1.54, 1.807) is 0 Å². The average molecular weight is 290 g/mol. The van der Waals surface area contributed by atoms with E-state index in [2.05, 4.69) is 5.32 Å². The van der Waals surface area contributed by atoms with Crippen LogP contribution in [0.4, 0.5) is 15.8 Å². The van der Waals surface area contributed by atoms with Crippen LogP contribution < -0.4 is 5.32 Å². The number of nitro groups is 1. The van der Waals surface area contributed by atoms with Gasteiger partial charge >= 0.3 is 0 Å². The van der Waals surface area contributed by atoms with E-state index in [0.29, 0.717) is 0 Å². The lowest BCUT2D eigenvalue weighted by Crippen LogP contribution is -2.23. The summed E-state index contributed by atoms with van der Waals surface area (Å²) in [6, 6.07) is 2.10. The summed E-state index contributed by atoms with van der Waals surface area (Å²) in [5.41, 5.74) is -0.0683. The van der Waals surface area contributed by atoms with Gasteiger partial charge in [0.25, 0.3) is 5.69 Å². The van der Waals surface area contributed by atoms with Crippen molar-refractivity contribution in [2.24, 2.45) is 0 Å². The monoisotopic (exact) mass is 289 g/mol. The first-order valence-corrected chi connectivity index (χ1v) is 6.23. The molecule has 0 heterocycles. The molecule has 1 aromatic carbocycles. The summed E-state index contributed by atoms with van der Waals surface area (Å²) in [7, 11) is 3.90. The van der Waals surface area contributed by atoms with Crippen LogP contribution in [0.3, 0.4) is 0 Å². The molecule has 5 nitrogen and oxygen atoms in total. The SMILES string of the molecule is CC(CCN(C)C)Nc1cc(Cl)c(F)cc1[N+](=O)[O-]. The maximum absolute atomic E-state index is 13.2. The molecule has 0 spiro atoms. The van der Waals surface area contributed by atoms with Gasteiger partial charge in [-0.05, 0) is 40.1 Å². The first-order chi connectivity index (χ1) is 8.81. The zero-order valence-electron chi connectivity index (χ0n) is 11.1. The largest absolute Gasteiger partial charge is 0.377 e. The maximum Gasteiger partial charge on any atom is 0.295 e. The Hall–Kier alpha value is -1.40. The second-order valence-corrected chi connectivity index (χ2v) is 5.09. The van der Waals surface area contributed by atoms with Crippen LogP contribution in [0.2, 0.25) is 5.02 Å².